The Morgan fingerprint density at radius 2 is 1.94 bits per heavy atom. The third-order valence-corrected chi connectivity index (χ3v) is 2.06. The molecule has 5 nitrogen and oxygen atoms in total. The van der Waals surface area contributed by atoms with E-state index >= 15 is 0 Å². The maximum Gasteiger partial charge on any atom is 0.340 e. The smallest absolute Gasteiger partial charge is 0.340 e. The highest BCUT2D eigenvalue weighted by Crippen LogP contribution is 2.37. The van der Waals surface area contributed by atoms with Crippen LogP contribution in [0.1, 0.15) is 22.3 Å². The molecule has 0 saturated carbocycles. The van der Waals surface area contributed by atoms with Crippen LogP contribution in [0.2, 0.25) is 0 Å². The van der Waals surface area contributed by atoms with Crippen molar-refractivity contribution in [3.63, 3.8) is 0 Å². The van der Waals surface area contributed by atoms with Crippen molar-refractivity contribution in [1.29, 1.82) is 0 Å². The number of methoxy groups -OCH3 is 3. The van der Waals surface area contributed by atoms with E-state index in [1.807, 2.05) is 0 Å². The Kier molecular flexibility index (Phi) is 4.19. The Balaban J connectivity index is 3.47. The van der Waals surface area contributed by atoms with Gasteiger partial charge in [-0.2, -0.15) is 0 Å². The molecule has 0 N–H and O–H groups in total. The predicted molar refractivity (Wildman–Crippen MR) is 53.6 cm³/mol. The number of hydrogen-bond donors (Lipinski definition) is 0. The Morgan fingerprint density at radius 3 is 2.35 bits per heavy atom. The molecule has 0 bridgehead atoms. The molecule has 0 aliphatic carbocycles. The topological polar surface area (TPSA) is 57.7 Å². The summed E-state index contributed by atoms with van der Waals surface area (Å²) in [7, 11) is 3.54. The number of rotatable bonds is 4. The normalized spacial score (nSPS) is 10.2. The SMILES string of the molecule is COC(=O)c1cnc(OC)c(OC)c1C(F)F. The summed E-state index contributed by atoms with van der Waals surface area (Å²) < 4.78 is 39.8. The summed E-state index contributed by atoms with van der Waals surface area (Å²) >= 11 is 0. The molecule has 1 aromatic rings. The van der Waals surface area contributed by atoms with Gasteiger partial charge in [0.15, 0.2) is 5.75 Å². The lowest BCUT2D eigenvalue weighted by Gasteiger charge is -2.13. The van der Waals surface area contributed by atoms with E-state index in [0.29, 0.717) is 0 Å². The second-order valence-corrected chi connectivity index (χ2v) is 2.92. The molecule has 0 atom stereocenters. The first-order chi connectivity index (χ1) is 8.06. The molecule has 17 heavy (non-hydrogen) atoms. The van der Waals surface area contributed by atoms with Gasteiger partial charge in [-0.3, -0.25) is 0 Å². The van der Waals surface area contributed by atoms with Crippen LogP contribution >= 0.6 is 0 Å². The zero-order valence-electron chi connectivity index (χ0n) is 9.49. The highest BCUT2D eigenvalue weighted by atomic mass is 19.3. The molecule has 1 rings (SSSR count). The van der Waals surface area contributed by atoms with Gasteiger partial charge in [0, 0.05) is 6.20 Å². The number of alkyl halides is 2. The van der Waals surface area contributed by atoms with Crippen LogP contribution in [0.25, 0.3) is 0 Å². The quantitative estimate of drug-likeness (QED) is 0.759. The average molecular weight is 247 g/mol. The monoisotopic (exact) mass is 247 g/mol. The van der Waals surface area contributed by atoms with Gasteiger partial charge in [-0.25, -0.2) is 18.6 Å². The molecule has 1 heterocycles. The van der Waals surface area contributed by atoms with Gasteiger partial charge in [0.25, 0.3) is 12.3 Å². The van der Waals surface area contributed by atoms with E-state index in [1.54, 1.807) is 0 Å². The lowest BCUT2D eigenvalue weighted by molar-refractivity contribution is 0.0586. The summed E-state index contributed by atoms with van der Waals surface area (Å²) in [6, 6.07) is 0. The van der Waals surface area contributed by atoms with Gasteiger partial charge in [-0.05, 0) is 0 Å². The number of nitrogens with zero attached hydrogens (tertiary/aromatic N) is 1. The lowest BCUT2D eigenvalue weighted by Crippen LogP contribution is -2.10. The van der Waals surface area contributed by atoms with Crippen molar-refractivity contribution in [2.75, 3.05) is 21.3 Å². The minimum Gasteiger partial charge on any atom is -0.491 e. The molecule has 1 aromatic heterocycles. The number of esters is 1. The van der Waals surface area contributed by atoms with E-state index in [1.165, 1.54) is 14.2 Å². The Bertz CT molecular complexity index is 423. The van der Waals surface area contributed by atoms with Crippen LogP contribution < -0.4 is 9.47 Å². The highest BCUT2D eigenvalue weighted by Gasteiger charge is 2.27. The van der Waals surface area contributed by atoms with Crippen LogP contribution in [-0.2, 0) is 4.74 Å². The van der Waals surface area contributed by atoms with Gasteiger partial charge in [-0.1, -0.05) is 0 Å². The molecular formula is C10H11F2NO4. The van der Waals surface area contributed by atoms with E-state index in [-0.39, 0.29) is 17.2 Å². The summed E-state index contributed by atoms with van der Waals surface area (Å²) in [5.74, 6) is -1.30. The van der Waals surface area contributed by atoms with Gasteiger partial charge in [0.05, 0.1) is 32.5 Å². The molecule has 0 fully saturated rings. The molecular weight excluding hydrogens is 236 g/mol. The Hall–Kier alpha value is -1.92. The molecule has 0 unspecified atom stereocenters. The molecule has 0 amide bonds. The third-order valence-electron chi connectivity index (χ3n) is 2.06. The number of hydrogen-bond acceptors (Lipinski definition) is 5. The van der Waals surface area contributed by atoms with Crippen molar-refractivity contribution in [2.45, 2.75) is 6.43 Å². The molecule has 0 aliphatic heterocycles. The second kappa shape index (κ2) is 5.42. The Labute approximate surface area is 96.3 Å². The predicted octanol–water partition coefficient (Wildman–Crippen LogP) is 1.82. The molecule has 0 saturated heterocycles. The molecule has 94 valence electrons. The lowest BCUT2D eigenvalue weighted by atomic mass is 10.1. The molecule has 0 spiro atoms. The summed E-state index contributed by atoms with van der Waals surface area (Å²) in [5, 5.41) is 0. The summed E-state index contributed by atoms with van der Waals surface area (Å²) in [5.41, 5.74) is -0.939. The number of aromatic nitrogens is 1. The number of pyridine rings is 1. The number of carbonyl (C=O) groups excluding carboxylic acids is 1. The largest absolute Gasteiger partial charge is 0.491 e. The van der Waals surface area contributed by atoms with E-state index in [2.05, 4.69) is 9.72 Å². The highest BCUT2D eigenvalue weighted by molar-refractivity contribution is 5.91. The fourth-order valence-electron chi connectivity index (χ4n) is 1.32. The minimum atomic E-state index is -2.91. The zero-order valence-corrected chi connectivity index (χ0v) is 9.49. The first-order valence-electron chi connectivity index (χ1n) is 4.54. The second-order valence-electron chi connectivity index (χ2n) is 2.92. The van der Waals surface area contributed by atoms with Crippen LogP contribution in [0.15, 0.2) is 6.20 Å². The maximum absolute atomic E-state index is 12.9. The number of halogens is 2. The van der Waals surface area contributed by atoms with Gasteiger partial charge in [-0.15, -0.1) is 0 Å². The van der Waals surface area contributed by atoms with Crippen molar-refractivity contribution in [2.24, 2.45) is 0 Å². The molecule has 7 heteroatoms. The summed E-state index contributed by atoms with van der Waals surface area (Å²) in [6.07, 6.45) is -1.94. The summed E-state index contributed by atoms with van der Waals surface area (Å²) in [4.78, 5) is 15.0. The molecule has 0 aromatic carbocycles. The van der Waals surface area contributed by atoms with Crippen LogP contribution in [-0.4, -0.2) is 32.3 Å². The minimum absolute atomic E-state index is 0.115. The van der Waals surface area contributed by atoms with Crippen LogP contribution in [0.5, 0.6) is 11.6 Å². The molecule has 0 aliphatic rings. The Morgan fingerprint density at radius 1 is 1.29 bits per heavy atom. The third kappa shape index (κ3) is 2.43. The standard InChI is InChI=1S/C10H11F2NO4/c1-15-7-6(8(11)12)5(10(14)17-3)4-13-9(7)16-2/h4,8H,1-3H3. The molecule has 0 radical (unpaired) electrons. The van der Waals surface area contributed by atoms with Crippen LogP contribution in [0, 0.1) is 0 Å². The first-order valence-corrected chi connectivity index (χ1v) is 4.54. The maximum atomic E-state index is 12.9. The average Bonchev–Trinajstić information content (AvgIpc) is 2.35. The van der Waals surface area contributed by atoms with Crippen molar-refractivity contribution < 1.29 is 27.8 Å². The van der Waals surface area contributed by atoms with E-state index in [4.69, 9.17) is 9.47 Å². The van der Waals surface area contributed by atoms with Crippen molar-refractivity contribution in [3.8, 4) is 11.6 Å². The first kappa shape index (κ1) is 13.1. The van der Waals surface area contributed by atoms with Gasteiger partial charge in [0.2, 0.25) is 0 Å². The van der Waals surface area contributed by atoms with Gasteiger partial charge in [0.1, 0.15) is 0 Å². The number of ether oxygens (including phenoxy) is 3. The van der Waals surface area contributed by atoms with Crippen molar-refractivity contribution in [1.82, 2.24) is 4.98 Å². The van der Waals surface area contributed by atoms with Crippen LogP contribution in [0.4, 0.5) is 8.78 Å². The number of carbonyl (C=O) groups is 1. The fourth-order valence-corrected chi connectivity index (χ4v) is 1.32. The van der Waals surface area contributed by atoms with Crippen molar-refractivity contribution in [3.05, 3.63) is 17.3 Å². The van der Waals surface area contributed by atoms with E-state index in [0.717, 1.165) is 13.3 Å². The van der Waals surface area contributed by atoms with E-state index < -0.39 is 18.0 Å². The summed E-state index contributed by atoms with van der Waals surface area (Å²) in [6.45, 7) is 0. The van der Waals surface area contributed by atoms with E-state index in [9.17, 15) is 13.6 Å². The van der Waals surface area contributed by atoms with Crippen molar-refractivity contribution >= 4 is 5.97 Å². The van der Waals surface area contributed by atoms with Gasteiger partial charge < -0.3 is 14.2 Å². The van der Waals surface area contributed by atoms with Crippen LogP contribution in [0.3, 0.4) is 0 Å². The van der Waals surface area contributed by atoms with Gasteiger partial charge >= 0.3 is 5.97 Å². The zero-order chi connectivity index (χ0) is 13.0. The fraction of sp³-hybridized carbons (Fsp3) is 0.400.